The Hall–Kier alpha value is -4.14. The van der Waals surface area contributed by atoms with E-state index in [2.05, 4.69) is 30.7 Å². The molecule has 2 aromatic heterocycles. The summed E-state index contributed by atoms with van der Waals surface area (Å²) in [5, 5.41) is 10.9. The van der Waals surface area contributed by atoms with Crippen molar-refractivity contribution in [3.63, 3.8) is 0 Å². The molecule has 0 spiro atoms. The zero-order valence-corrected chi connectivity index (χ0v) is 16.8. The van der Waals surface area contributed by atoms with Gasteiger partial charge in [-0.2, -0.15) is 19.6 Å². The molecule has 0 aliphatic heterocycles. The molecular formula is C21H23N9. The maximum Gasteiger partial charge on any atom is 0.248 e. The molecule has 0 unspecified atom stereocenters. The molecule has 2 heterocycles. The number of hydrogen-bond acceptors (Lipinski definition) is 8. The van der Waals surface area contributed by atoms with Crippen LogP contribution in [0.15, 0.2) is 66.7 Å². The van der Waals surface area contributed by atoms with Gasteiger partial charge in [0.05, 0.1) is 0 Å². The summed E-state index contributed by atoms with van der Waals surface area (Å²) in [5.41, 5.74) is 7.94. The van der Waals surface area contributed by atoms with E-state index in [9.17, 15) is 0 Å². The Bertz CT molecular complexity index is 1110. The van der Waals surface area contributed by atoms with Crippen LogP contribution in [0.2, 0.25) is 0 Å². The van der Waals surface area contributed by atoms with Crippen molar-refractivity contribution in [3.8, 4) is 5.82 Å². The van der Waals surface area contributed by atoms with Crippen molar-refractivity contribution in [3.05, 3.63) is 66.7 Å². The molecule has 9 heteroatoms. The molecule has 0 amide bonds. The summed E-state index contributed by atoms with van der Waals surface area (Å²) in [6.07, 6.45) is 0. The van der Waals surface area contributed by atoms with Crippen LogP contribution in [0, 0.1) is 0 Å². The number of para-hydroxylation sites is 2. The average Bonchev–Trinajstić information content (AvgIpc) is 3.14. The van der Waals surface area contributed by atoms with Crippen molar-refractivity contribution < 1.29 is 0 Å². The SMILES string of the molecule is CCN(C)c1nc(Nc2ccccc2)cc(-n2nc(Nc3ccccc3)nc2N)n1. The van der Waals surface area contributed by atoms with Gasteiger partial charge in [0, 0.05) is 31.0 Å². The lowest BCUT2D eigenvalue weighted by Gasteiger charge is -2.17. The van der Waals surface area contributed by atoms with Crippen LogP contribution in [0.3, 0.4) is 0 Å². The summed E-state index contributed by atoms with van der Waals surface area (Å²) in [6, 6.07) is 21.3. The summed E-state index contributed by atoms with van der Waals surface area (Å²) < 4.78 is 1.50. The van der Waals surface area contributed by atoms with Gasteiger partial charge in [0.2, 0.25) is 17.8 Å². The maximum atomic E-state index is 6.14. The third-order valence-corrected chi connectivity index (χ3v) is 4.44. The highest BCUT2D eigenvalue weighted by Gasteiger charge is 2.15. The molecule has 0 radical (unpaired) electrons. The van der Waals surface area contributed by atoms with Crippen LogP contribution in [0.25, 0.3) is 5.82 Å². The molecule has 0 saturated carbocycles. The van der Waals surface area contributed by atoms with Crippen LogP contribution in [-0.4, -0.2) is 38.3 Å². The van der Waals surface area contributed by atoms with Crippen LogP contribution >= 0.6 is 0 Å². The number of aromatic nitrogens is 5. The van der Waals surface area contributed by atoms with Crippen molar-refractivity contribution in [2.45, 2.75) is 6.92 Å². The predicted octanol–water partition coefficient (Wildman–Crippen LogP) is 3.58. The molecule has 0 bridgehead atoms. The molecule has 0 fully saturated rings. The summed E-state index contributed by atoms with van der Waals surface area (Å²) in [6.45, 7) is 2.79. The fraction of sp³-hybridized carbons (Fsp3) is 0.143. The normalized spacial score (nSPS) is 10.6. The first-order chi connectivity index (χ1) is 14.6. The predicted molar refractivity (Wildman–Crippen MR) is 120 cm³/mol. The average molecular weight is 401 g/mol. The number of anilines is 6. The van der Waals surface area contributed by atoms with E-state index in [-0.39, 0.29) is 5.95 Å². The number of nitrogens with one attached hydrogen (secondary N) is 2. The van der Waals surface area contributed by atoms with Gasteiger partial charge in [0.25, 0.3) is 0 Å². The molecule has 9 nitrogen and oxygen atoms in total. The van der Waals surface area contributed by atoms with Crippen LogP contribution in [0.4, 0.5) is 35.0 Å². The molecule has 0 atom stereocenters. The lowest BCUT2D eigenvalue weighted by atomic mass is 10.3. The minimum atomic E-state index is 0.225. The van der Waals surface area contributed by atoms with E-state index in [0.29, 0.717) is 23.5 Å². The molecular weight excluding hydrogens is 378 g/mol. The van der Waals surface area contributed by atoms with Gasteiger partial charge in [-0.1, -0.05) is 36.4 Å². The van der Waals surface area contributed by atoms with E-state index in [1.807, 2.05) is 79.5 Å². The Morgan fingerprint density at radius 3 is 2.17 bits per heavy atom. The van der Waals surface area contributed by atoms with Gasteiger partial charge in [0.1, 0.15) is 5.82 Å². The molecule has 0 aliphatic rings. The topological polar surface area (TPSA) is 110 Å². The van der Waals surface area contributed by atoms with Crippen molar-refractivity contribution in [2.75, 3.05) is 34.9 Å². The monoisotopic (exact) mass is 401 g/mol. The zero-order valence-electron chi connectivity index (χ0n) is 16.8. The fourth-order valence-electron chi connectivity index (χ4n) is 2.77. The highest BCUT2D eigenvalue weighted by Crippen LogP contribution is 2.22. The van der Waals surface area contributed by atoms with Crippen molar-refractivity contribution in [1.82, 2.24) is 24.7 Å². The molecule has 4 aromatic rings. The van der Waals surface area contributed by atoms with Gasteiger partial charge in [-0.05, 0) is 31.2 Å². The third kappa shape index (κ3) is 4.30. The number of nitrogens with zero attached hydrogens (tertiary/aromatic N) is 6. The number of benzene rings is 2. The lowest BCUT2D eigenvalue weighted by Crippen LogP contribution is -2.20. The Labute approximate surface area is 174 Å². The Balaban J connectivity index is 1.69. The third-order valence-electron chi connectivity index (χ3n) is 4.44. The quantitative estimate of drug-likeness (QED) is 0.431. The standard InChI is InChI=1S/C21H23N9/c1-3-29(2)21-25-17(23-15-10-6-4-7-11-15)14-18(26-21)30-19(22)27-20(28-30)24-16-12-8-5-9-13-16/h4-14H,3H2,1-2H3,(H,23,25,26)(H3,22,24,27,28). The fourth-order valence-corrected chi connectivity index (χ4v) is 2.77. The van der Waals surface area contributed by atoms with Gasteiger partial charge in [-0.3, -0.25) is 0 Å². The first kappa shape index (κ1) is 19.2. The summed E-state index contributed by atoms with van der Waals surface area (Å²) in [4.78, 5) is 15.5. The van der Waals surface area contributed by atoms with Crippen molar-refractivity contribution in [2.24, 2.45) is 0 Å². The number of rotatable bonds is 7. The summed E-state index contributed by atoms with van der Waals surface area (Å²) in [5.74, 6) is 2.32. The summed E-state index contributed by atoms with van der Waals surface area (Å²) in [7, 11) is 1.93. The number of hydrogen-bond donors (Lipinski definition) is 3. The molecule has 4 N–H and O–H groups in total. The first-order valence-corrected chi connectivity index (χ1v) is 9.59. The van der Waals surface area contributed by atoms with E-state index in [1.165, 1.54) is 4.68 Å². The van der Waals surface area contributed by atoms with Crippen LogP contribution in [-0.2, 0) is 0 Å². The van der Waals surface area contributed by atoms with Crippen molar-refractivity contribution in [1.29, 1.82) is 0 Å². The minimum absolute atomic E-state index is 0.225. The van der Waals surface area contributed by atoms with E-state index >= 15 is 0 Å². The smallest absolute Gasteiger partial charge is 0.248 e. The Morgan fingerprint density at radius 1 is 0.900 bits per heavy atom. The van der Waals surface area contributed by atoms with Gasteiger partial charge in [-0.25, -0.2) is 0 Å². The van der Waals surface area contributed by atoms with E-state index in [0.717, 1.165) is 17.9 Å². The van der Waals surface area contributed by atoms with E-state index in [4.69, 9.17) is 5.73 Å². The first-order valence-electron chi connectivity index (χ1n) is 9.59. The molecule has 0 saturated heterocycles. The van der Waals surface area contributed by atoms with E-state index < -0.39 is 0 Å². The maximum absolute atomic E-state index is 6.14. The second-order valence-electron chi connectivity index (χ2n) is 6.61. The number of nitrogens with two attached hydrogens (primary N) is 1. The second-order valence-corrected chi connectivity index (χ2v) is 6.61. The van der Waals surface area contributed by atoms with Crippen LogP contribution < -0.4 is 21.3 Å². The molecule has 4 rings (SSSR count). The van der Waals surface area contributed by atoms with E-state index in [1.54, 1.807) is 6.07 Å². The largest absolute Gasteiger partial charge is 0.368 e. The zero-order chi connectivity index (χ0) is 20.9. The number of nitrogen functional groups attached to an aromatic ring is 1. The molecule has 0 aliphatic carbocycles. The van der Waals surface area contributed by atoms with Gasteiger partial charge >= 0.3 is 0 Å². The molecule has 30 heavy (non-hydrogen) atoms. The Kier molecular flexibility index (Phi) is 5.42. The Morgan fingerprint density at radius 2 is 1.53 bits per heavy atom. The molecule has 2 aromatic carbocycles. The summed E-state index contributed by atoms with van der Waals surface area (Å²) >= 11 is 0. The lowest BCUT2D eigenvalue weighted by molar-refractivity contribution is 0.830. The highest BCUT2D eigenvalue weighted by molar-refractivity contribution is 5.60. The van der Waals surface area contributed by atoms with Crippen molar-refractivity contribution >= 4 is 35.0 Å². The second kappa shape index (κ2) is 8.48. The molecule has 152 valence electrons. The van der Waals surface area contributed by atoms with Gasteiger partial charge in [0.15, 0.2) is 5.82 Å². The minimum Gasteiger partial charge on any atom is -0.368 e. The highest BCUT2D eigenvalue weighted by atomic mass is 15.4. The van der Waals surface area contributed by atoms with Gasteiger partial charge < -0.3 is 21.3 Å². The van der Waals surface area contributed by atoms with Crippen LogP contribution in [0.1, 0.15) is 6.92 Å². The van der Waals surface area contributed by atoms with Gasteiger partial charge in [-0.15, -0.1) is 5.10 Å². The van der Waals surface area contributed by atoms with Crippen LogP contribution in [0.5, 0.6) is 0 Å².